The maximum absolute atomic E-state index is 12.9. The van der Waals surface area contributed by atoms with E-state index in [1.807, 2.05) is 54.3 Å². The molecule has 1 heterocycles. The second-order valence-electron chi connectivity index (χ2n) is 5.90. The summed E-state index contributed by atoms with van der Waals surface area (Å²) >= 11 is 3.44. The van der Waals surface area contributed by atoms with Crippen LogP contribution in [0.2, 0.25) is 0 Å². The average Bonchev–Trinajstić information content (AvgIpc) is 3.03. The number of ether oxygens (including phenoxy) is 2. The Morgan fingerprint density at radius 3 is 2.60 bits per heavy atom. The lowest BCUT2D eigenvalue weighted by Crippen LogP contribution is -2.33. The van der Waals surface area contributed by atoms with Gasteiger partial charge in [0, 0.05) is 24.8 Å². The Kier molecular flexibility index (Phi) is 5.18. The zero-order valence-electron chi connectivity index (χ0n) is 14.5. The Morgan fingerprint density at radius 1 is 1.08 bits per heavy atom. The minimum atomic E-state index is -0.0232. The number of amides is 2. The summed E-state index contributed by atoms with van der Waals surface area (Å²) in [6, 6.07) is 13.5. The smallest absolute Gasteiger partial charge is 0.325 e. The van der Waals surface area contributed by atoms with Crippen LogP contribution in [0, 0.1) is 0 Å². The van der Waals surface area contributed by atoms with E-state index < -0.39 is 0 Å². The van der Waals surface area contributed by atoms with Gasteiger partial charge in [-0.05, 0) is 52.7 Å². The number of urea groups is 1. The predicted octanol–water partition coefficient (Wildman–Crippen LogP) is 4.47. The summed E-state index contributed by atoms with van der Waals surface area (Å²) in [4.78, 5) is 16.6. The lowest BCUT2D eigenvalue weighted by molar-refractivity contribution is 0.205. The van der Waals surface area contributed by atoms with Gasteiger partial charge in [-0.1, -0.05) is 12.1 Å². The summed E-state index contributed by atoms with van der Waals surface area (Å²) in [6.07, 6.45) is 0. The van der Waals surface area contributed by atoms with Crippen LogP contribution >= 0.6 is 15.9 Å². The Bertz CT molecular complexity index is 781. The summed E-state index contributed by atoms with van der Waals surface area (Å²) in [7, 11) is 3.26. The standard InChI is InChI=1S/C19H21BrN2O3/c1-13(14-5-4-6-16(11-14)24-2)21-9-10-22(19(21)23)15-7-8-17(20)18(12-15)25-3/h4-8,11-13H,9-10H2,1-3H3/t13-/m1/s1. The van der Waals surface area contributed by atoms with Crippen molar-refractivity contribution in [2.45, 2.75) is 13.0 Å². The van der Waals surface area contributed by atoms with Crippen molar-refractivity contribution in [2.24, 2.45) is 0 Å². The monoisotopic (exact) mass is 404 g/mol. The van der Waals surface area contributed by atoms with Gasteiger partial charge in [0.15, 0.2) is 0 Å². The zero-order valence-corrected chi connectivity index (χ0v) is 16.1. The number of rotatable bonds is 5. The molecule has 25 heavy (non-hydrogen) atoms. The molecule has 1 fully saturated rings. The number of carbonyl (C=O) groups excluding carboxylic acids is 1. The summed E-state index contributed by atoms with van der Waals surface area (Å²) in [5.74, 6) is 1.51. The first-order valence-electron chi connectivity index (χ1n) is 8.10. The highest BCUT2D eigenvalue weighted by atomic mass is 79.9. The van der Waals surface area contributed by atoms with E-state index in [4.69, 9.17) is 9.47 Å². The van der Waals surface area contributed by atoms with Gasteiger partial charge in [-0.25, -0.2) is 4.79 Å². The largest absolute Gasteiger partial charge is 0.497 e. The minimum absolute atomic E-state index is 0.000282. The third-order valence-corrected chi connectivity index (χ3v) is 5.19. The molecule has 0 N–H and O–H groups in total. The van der Waals surface area contributed by atoms with Crippen molar-refractivity contribution in [1.29, 1.82) is 0 Å². The van der Waals surface area contributed by atoms with Gasteiger partial charge in [0.2, 0.25) is 0 Å². The summed E-state index contributed by atoms with van der Waals surface area (Å²) in [5, 5.41) is 0. The molecule has 0 unspecified atom stereocenters. The number of hydrogen-bond acceptors (Lipinski definition) is 3. The van der Waals surface area contributed by atoms with Crippen LogP contribution in [0.5, 0.6) is 11.5 Å². The van der Waals surface area contributed by atoms with Crippen molar-refractivity contribution >= 4 is 27.6 Å². The van der Waals surface area contributed by atoms with Crippen molar-refractivity contribution in [3.8, 4) is 11.5 Å². The van der Waals surface area contributed by atoms with Gasteiger partial charge < -0.3 is 14.4 Å². The predicted molar refractivity (Wildman–Crippen MR) is 102 cm³/mol. The molecule has 3 rings (SSSR count). The van der Waals surface area contributed by atoms with Gasteiger partial charge >= 0.3 is 6.03 Å². The first-order chi connectivity index (χ1) is 12.0. The van der Waals surface area contributed by atoms with Crippen LogP contribution in [0.1, 0.15) is 18.5 Å². The average molecular weight is 405 g/mol. The number of halogens is 1. The molecule has 2 aromatic carbocycles. The van der Waals surface area contributed by atoms with E-state index in [0.29, 0.717) is 18.8 Å². The van der Waals surface area contributed by atoms with E-state index in [9.17, 15) is 4.79 Å². The summed E-state index contributed by atoms with van der Waals surface area (Å²) in [5.41, 5.74) is 1.90. The maximum Gasteiger partial charge on any atom is 0.325 e. The second kappa shape index (κ2) is 7.35. The Hall–Kier alpha value is -2.21. The molecule has 1 aliphatic heterocycles. The molecular weight excluding hydrogens is 384 g/mol. The lowest BCUT2D eigenvalue weighted by Gasteiger charge is -2.25. The van der Waals surface area contributed by atoms with E-state index in [0.717, 1.165) is 21.5 Å². The van der Waals surface area contributed by atoms with Crippen molar-refractivity contribution < 1.29 is 14.3 Å². The summed E-state index contributed by atoms with van der Waals surface area (Å²) < 4.78 is 11.5. The van der Waals surface area contributed by atoms with Crippen molar-refractivity contribution in [3.05, 3.63) is 52.5 Å². The third kappa shape index (κ3) is 3.44. The van der Waals surface area contributed by atoms with Gasteiger partial charge in [-0.2, -0.15) is 0 Å². The van der Waals surface area contributed by atoms with Crippen molar-refractivity contribution in [2.75, 3.05) is 32.2 Å². The van der Waals surface area contributed by atoms with E-state index in [1.54, 1.807) is 19.1 Å². The van der Waals surface area contributed by atoms with Crippen molar-refractivity contribution in [3.63, 3.8) is 0 Å². The van der Waals surface area contributed by atoms with Gasteiger partial charge in [0.1, 0.15) is 11.5 Å². The number of nitrogens with zero attached hydrogens (tertiary/aromatic N) is 2. The van der Waals surface area contributed by atoms with Gasteiger partial charge in [0.25, 0.3) is 0 Å². The normalized spacial score (nSPS) is 15.4. The van der Waals surface area contributed by atoms with Crippen LogP contribution in [0.4, 0.5) is 10.5 Å². The van der Waals surface area contributed by atoms with Crippen LogP contribution in [-0.4, -0.2) is 38.2 Å². The highest BCUT2D eigenvalue weighted by molar-refractivity contribution is 9.10. The first kappa shape index (κ1) is 17.6. The molecular formula is C19H21BrN2O3. The van der Waals surface area contributed by atoms with E-state index in [2.05, 4.69) is 15.9 Å². The van der Waals surface area contributed by atoms with E-state index in [-0.39, 0.29) is 12.1 Å². The Balaban J connectivity index is 1.81. The Labute approximate surface area is 156 Å². The van der Waals surface area contributed by atoms with Crippen LogP contribution in [0.25, 0.3) is 0 Å². The minimum Gasteiger partial charge on any atom is -0.497 e. The number of hydrogen-bond donors (Lipinski definition) is 0. The molecule has 2 amide bonds. The highest BCUT2D eigenvalue weighted by Gasteiger charge is 2.33. The second-order valence-corrected chi connectivity index (χ2v) is 6.75. The van der Waals surface area contributed by atoms with E-state index >= 15 is 0 Å². The molecule has 0 bridgehead atoms. The Morgan fingerprint density at radius 2 is 1.88 bits per heavy atom. The fraction of sp³-hybridized carbons (Fsp3) is 0.316. The molecule has 5 nitrogen and oxygen atoms in total. The quantitative estimate of drug-likeness (QED) is 0.737. The molecule has 1 atom stereocenters. The molecule has 0 radical (unpaired) electrons. The lowest BCUT2D eigenvalue weighted by atomic mass is 10.1. The molecule has 0 saturated carbocycles. The molecule has 0 aliphatic carbocycles. The van der Waals surface area contributed by atoms with Crippen LogP contribution in [-0.2, 0) is 0 Å². The van der Waals surface area contributed by atoms with Crippen LogP contribution < -0.4 is 14.4 Å². The fourth-order valence-electron chi connectivity index (χ4n) is 3.05. The van der Waals surface area contributed by atoms with E-state index in [1.165, 1.54) is 0 Å². The first-order valence-corrected chi connectivity index (χ1v) is 8.90. The molecule has 1 aliphatic rings. The van der Waals surface area contributed by atoms with Gasteiger partial charge in [-0.15, -0.1) is 0 Å². The molecule has 2 aromatic rings. The van der Waals surface area contributed by atoms with Gasteiger partial charge in [0.05, 0.1) is 24.7 Å². The summed E-state index contributed by atoms with van der Waals surface area (Å²) in [6.45, 7) is 3.37. The molecule has 132 valence electrons. The van der Waals surface area contributed by atoms with Crippen LogP contribution in [0.3, 0.4) is 0 Å². The molecule has 1 saturated heterocycles. The number of carbonyl (C=O) groups is 1. The number of benzene rings is 2. The molecule has 0 spiro atoms. The van der Waals surface area contributed by atoms with Crippen LogP contribution in [0.15, 0.2) is 46.9 Å². The zero-order chi connectivity index (χ0) is 18.0. The third-order valence-electron chi connectivity index (χ3n) is 4.53. The topological polar surface area (TPSA) is 42.0 Å². The van der Waals surface area contributed by atoms with Crippen molar-refractivity contribution in [1.82, 2.24) is 4.90 Å². The molecule has 6 heteroatoms. The molecule has 0 aromatic heterocycles. The number of anilines is 1. The highest BCUT2D eigenvalue weighted by Crippen LogP contribution is 2.33. The SMILES string of the molecule is COc1cccc([C@@H](C)N2CCN(c3ccc(Br)c(OC)c3)C2=O)c1. The van der Waals surface area contributed by atoms with Gasteiger partial charge in [-0.3, -0.25) is 4.90 Å². The fourth-order valence-corrected chi connectivity index (χ4v) is 3.46. The number of methoxy groups -OCH3 is 2. The maximum atomic E-state index is 12.9.